The fourth-order valence-corrected chi connectivity index (χ4v) is 2.57. The number of carbonyl (C=O) groups is 2. The number of nitrogens with zero attached hydrogens (tertiary/aromatic N) is 1. The Morgan fingerprint density at radius 1 is 1.18 bits per heavy atom. The van der Waals surface area contributed by atoms with E-state index in [4.69, 9.17) is 4.74 Å². The molecule has 1 aromatic rings. The molecule has 0 radical (unpaired) electrons. The highest BCUT2D eigenvalue weighted by Crippen LogP contribution is 2.18. The van der Waals surface area contributed by atoms with E-state index in [9.17, 15) is 9.59 Å². The Kier molecular flexibility index (Phi) is 5.41. The molecule has 1 saturated carbocycles. The van der Waals surface area contributed by atoms with Crippen LogP contribution in [0.25, 0.3) is 0 Å². The van der Waals surface area contributed by atoms with E-state index in [1.54, 1.807) is 19.1 Å². The van der Waals surface area contributed by atoms with Gasteiger partial charge in [0.25, 0.3) is 5.91 Å². The minimum atomic E-state index is -0.776. The van der Waals surface area contributed by atoms with Gasteiger partial charge in [0.2, 0.25) is 0 Å². The fourth-order valence-electron chi connectivity index (χ4n) is 2.57. The van der Waals surface area contributed by atoms with Crippen molar-refractivity contribution < 1.29 is 14.3 Å². The summed E-state index contributed by atoms with van der Waals surface area (Å²) in [6.07, 6.45) is 3.55. The first kappa shape index (κ1) is 16.3. The largest absolute Gasteiger partial charge is 0.449 e. The molecule has 0 heterocycles. The number of amides is 1. The third-order valence-corrected chi connectivity index (χ3v) is 3.97. The molecule has 0 saturated heterocycles. The number of ether oxygens (including phenoxy) is 1. The molecule has 1 fully saturated rings. The van der Waals surface area contributed by atoms with Crippen molar-refractivity contribution in [1.82, 2.24) is 5.32 Å². The molecule has 120 valence electrons. The van der Waals surface area contributed by atoms with Crippen LogP contribution < -0.4 is 10.2 Å². The molecular weight excluding hydrogens is 280 g/mol. The first-order valence-corrected chi connectivity index (χ1v) is 7.76. The van der Waals surface area contributed by atoms with Crippen LogP contribution in [0, 0.1) is 0 Å². The number of nitrogens with one attached hydrogen (secondary N) is 1. The molecule has 1 aliphatic carbocycles. The molecule has 0 spiro atoms. The number of hydrogen-bond donors (Lipinski definition) is 1. The summed E-state index contributed by atoms with van der Waals surface area (Å²) in [6.45, 7) is 1.61. The quantitative estimate of drug-likeness (QED) is 0.848. The molecule has 5 heteroatoms. The van der Waals surface area contributed by atoms with Gasteiger partial charge in [-0.05, 0) is 44.0 Å². The van der Waals surface area contributed by atoms with Crippen molar-refractivity contribution in [2.75, 3.05) is 19.0 Å². The summed E-state index contributed by atoms with van der Waals surface area (Å²) in [5, 5.41) is 2.94. The molecule has 5 nitrogen and oxygen atoms in total. The van der Waals surface area contributed by atoms with Crippen molar-refractivity contribution in [3.8, 4) is 0 Å². The van der Waals surface area contributed by atoms with Crippen LogP contribution in [0.3, 0.4) is 0 Å². The van der Waals surface area contributed by atoms with E-state index in [-0.39, 0.29) is 11.9 Å². The van der Waals surface area contributed by atoms with E-state index in [1.165, 1.54) is 0 Å². The summed E-state index contributed by atoms with van der Waals surface area (Å²) in [6, 6.07) is 7.34. The second-order valence-electron chi connectivity index (χ2n) is 5.98. The standard InChI is InChI=1S/C17H24N2O3/c1-12(16(20)18-14-6-4-5-7-14)22-17(21)13-8-10-15(11-9-13)19(2)3/h8-12,14H,4-7H2,1-3H3,(H,18,20)/t12-/m0/s1. The number of esters is 1. The number of benzene rings is 1. The first-order valence-electron chi connectivity index (χ1n) is 7.76. The molecular formula is C17H24N2O3. The minimum Gasteiger partial charge on any atom is -0.449 e. The van der Waals surface area contributed by atoms with Crippen LogP contribution >= 0.6 is 0 Å². The monoisotopic (exact) mass is 304 g/mol. The third-order valence-electron chi connectivity index (χ3n) is 3.97. The SMILES string of the molecule is C[C@H](OC(=O)c1ccc(N(C)C)cc1)C(=O)NC1CCCC1. The number of hydrogen-bond acceptors (Lipinski definition) is 4. The van der Waals surface area contributed by atoms with E-state index in [2.05, 4.69) is 5.32 Å². The zero-order valence-corrected chi connectivity index (χ0v) is 13.5. The Labute approximate surface area is 131 Å². The Morgan fingerprint density at radius 3 is 2.32 bits per heavy atom. The zero-order chi connectivity index (χ0) is 16.1. The molecule has 0 aromatic heterocycles. The van der Waals surface area contributed by atoms with Gasteiger partial charge in [-0.3, -0.25) is 4.79 Å². The molecule has 1 aromatic carbocycles. The lowest BCUT2D eigenvalue weighted by Crippen LogP contribution is -2.40. The smallest absolute Gasteiger partial charge is 0.338 e. The Bertz CT molecular complexity index is 519. The third kappa shape index (κ3) is 4.23. The van der Waals surface area contributed by atoms with Crippen molar-refractivity contribution in [1.29, 1.82) is 0 Å². The average molecular weight is 304 g/mol. The van der Waals surface area contributed by atoms with Crippen molar-refractivity contribution in [3.63, 3.8) is 0 Å². The summed E-state index contributed by atoms with van der Waals surface area (Å²) in [5.41, 5.74) is 1.45. The highest BCUT2D eigenvalue weighted by atomic mass is 16.5. The summed E-state index contributed by atoms with van der Waals surface area (Å²) >= 11 is 0. The first-order chi connectivity index (χ1) is 10.5. The highest BCUT2D eigenvalue weighted by Gasteiger charge is 2.23. The lowest BCUT2D eigenvalue weighted by Gasteiger charge is -2.17. The molecule has 1 aliphatic rings. The summed E-state index contributed by atoms with van der Waals surface area (Å²) in [4.78, 5) is 26.0. The molecule has 0 aliphatic heterocycles. The van der Waals surface area contributed by atoms with Crippen LogP contribution in [0.4, 0.5) is 5.69 Å². The lowest BCUT2D eigenvalue weighted by atomic mass is 10.2. The fraction of sp³-hybridized carbons (Fsp3) is 0.529. The van der Waals surface area contributed by atoms with Crippen LogP contribution in [0.2, 0.25) is 0 Å². The second kappa shape index (κ2) is 7.29. The van der Waals surface area contributed by atoms with Gasteiger partial charge in [-0.1, -0.05) is 12.8 Å². The van der Waals surface area contributed by atoms with Gasteiger partial charge in [0.1, 0.15) is 0 Å². The molecule has 22 heavy (non-hydrogen) atoms. The maximum Gasteiger partial charge on any atom is 0.338 e. The van der Waals surface area contributed by atoms with E-state index >= 15 is 0 Å². The summed E-state index contributed by atoms with van der Waals surface area (Å²) < 4.78 is 5.24. The van der Waals surface area contributed by atoms with E-state index in [0.717, 1.165) is 31.4 Å². The van der Waals surface area contributed by atoms with Crippen LogP contribution in [0.5, 0.6) is 0 Å². The van der Waals surface area contributed by atoms with Gasteiger partial charge in [0.15, 0.2) is 6.10 Å². The maximum absolute atomic E-state index is 12.1. The Morgan fingerprint density at radius 2 is 1.77 bits per heavy atom. The van der Waals surface area contributed by atoms with Crippen LogP contribution in [-0.2, 0) is 9.53 Å². The Balaban J connectivity index is 1.88. The summed E-state index contributed by atoms with van der Waals surface area (Å²) in [5.74, 6) is -0.690. The van der Waals surface area contributed by atoms with Crippen molar-refractivity contribution in [3.05, 3.63) is 29.8 Å². The molecule has 2 rings (SSSR count). The van der Waals surface area contributed by atoms with Gasteiger partial charge >= 0.3 is 5.97 Å². The van der Waals surface area contributed by atoms with Gasteiger partial charge in [0, 0.05) is 25.8 Å². The van der Waals surface area contributed by atoms with Crippen LogP contribution in [0.15, 0.2) is 24.3 Å². The molecule has 1 amide bonds. The Hall–Kier alpha value is -2.04. The normalized spacial score (nSPS) is 16.1. The van der Waals surface area contributed by atoms with E-state index < -0.39 is 12.1 Å². The van der Waals surface area contributed by atoms with Crippen LogP contribution in [-0.4, -0.2) is 38.1 Å². The molecule has 0 unspecified atom stereocenters. The van der Waals surface area contributed by atoms with Crippen molar-refractivity contribution in [2.24, 2.45) is 0 Å². The lowest BCUT2D eigenvalue weighted by molar-refractivity contribution is -0.129. The van der Waals surface area contributed by atoms with Gasteiger partial charge in [-0.2, -0.15) is 0 Å². The van der Waals surface area contributed by atoms with E-state index in [1.807, 2.05) is 31.1 Å². The average Bonchev–Trinajstić information content (AvgIpc) is 3.00. The number of anilines is 1. The zero-order valence-electron chi connectivity index (χ0n) is 13.5. The topological polar surface area (TPSA) is 58.6 Å². The maximum atomic E-state index is 12.1. The predicted molar refractivity (Wildman–Crippen MR) is 86.0 cm³/mol. The van der Waals surface area contributed by atoms with Crippen molar-refractivity contribution >= 4 is 17.6 Å². The number of rotatable bonds is 5. The summed E-state index contributed by atoms with van der Waals surface area (Å²) in [7, 11) is 3.87. The van der Waals surface area contributed by atoms with Gasteiger partial charge in [-0.15, -0.1) is 0 Å². The molecule has 1 atom stereocenters. The molecule has 0 bridgehead atoms. The second-order valence-corrected chi connectivity index (χ2v) is 5.98. The van der Waals surface area contributed by atoms with Gasteiger partial charge < -0.3 is 15.0 Å². The van der Waals surface area contributed by atoms with Crippen LogP contribution in [0.1, 0.15) is 43.0 Å². The minimum absolute atomic E-state index is 0.217. The van der Waals surface area contributed by atoms with Gasteiger partial charge in [0.05, 0.1) is 5.56 Å². The van der Waals surface area contributed by atoms with Gasteiger partial charge in [-0.25, -0.2) is 4.79 Å². The predicted octanol–water partition coefficient (Wildman–Crippen LogP) is 2.36. The highest BCUT2D eigenvalue weighted by molar-refractivity contribution is 5.92. The number of carbonyl (C=O) groups excluding carboxylic acids is 2. The van der Waals surface area contributed by atoms with Crippen molar-refractivity contribution in [2.45, 2.75) is 44.8 Å². The van der Waals surface area contributed by atoms with E-state index in [0.29, 0.717) is 5.56 Å². The molecule has 1 N–H and O–H groups in total.